The molecule has 1 aliphatic rings. The molecular weight excluding hydrogens is 232 g/mol. The first kappa shape index (κ1) is 13.4. The molecular formula is C15H21F2N. The Balaban J connectivity index is 1.93. The van der Waals surface area contributed by atoms with Crippen LogP contribution in [-0.4, -0.2) is 4.98 Å². The third-order valence-electron chi connectivity index (χ3n) is 4.10. The molecule has 0 aliphatic heterocycles. The number of hydrogen-bond donors (Lipinski definition) is 0. The Labute approximate surface area is 108 Å². The average Bonchev–Trinajstić information content (AvgIpc) is 2.37. The van der Waals surface area contributed by atoms with Crippen LogP contribution in [0.4, 0.5) is 8.78 Å². The molecule has 0 N–H and O–H groups in total. The van der Waals surface area contributed by atoms with Gasteiger partial charge in [0.15, 0.2) is 0 Å². The van der Waals surface area contributed by atoms with E-state index < -0.39 is 11.9 Å². The molecule has 1 aromatic rings. The summed E-state index contributed by atoms with van der Waals surface area (Å²) in [6.45, 7) is 2.21. The third kappa shape index (κ3) is 3.27. The monoisotopic (exact) mass is 253 g/mol. The molecule has 1 nitrogen and oxygen atoms in total. The molecule has 1 fully saturated rings. The highest BCUT2D eigenvalue weighted by Crippen LogP contribution is 2.38. The van der Waals surface area contributed by atoms with E-state index in [-0.39, 0.29) is 5.92 Å². The Morgan fingerprint density at radius 2 is 1.89 bits per heavy atom. The van der Waals surface area contributed by atoms with Crippen molar-refractivity contribution >= 4 is 0 Å². The number of unbranched alkanes of at least 4 members (excludes halogenated alkanes) is 1. The van der Waals surface area contributed by atoms with Crippen LogP contribution in [-0.2, 0) is 0 Å². The second kappa shape index (κ2) is 6.26. The van der Waals surface area contributed by atoms with E-state index in [0.717, 1.165) is 18.8 Å². The van der Waals surface area contributed by atoms with Gasteiger partial charge in [0.05, 0.1) is 0 Å². The fourth-order valence-corrected chi connectivity index (χ4v) is 2.98. The van der Waals surface area contributed by atoms with Crippen LogP contribution in [0.2, 0.25) is 0 Å². The van der Waals surface area contributed by atoms with Crippen molar-refractivity contribution in [2.24, 2.45) is 5.92 Å². The van der Waals surface area contributed by atoms with Gasteiger partial charge in [-0.1, -0.05) is 26.2 Å². The van der Waals surface area contributed by atoms with Crippen LogP contribution in [0.1, 0.15) is 63.4 Å². The molecule has 0 aromatic carbocycles. The third-order valence-corrected chi connectivity index (χ3v) is 4.10. The molecule has 1 saturated carbocycles. The Hall–Kier alpha value is -0.990. The van der Waals surface area contributed by atoms with Gasteiger partial charge in [0.25, 0.3) is 0 Å². The molecule has 0 amide bonds. The normalized spacial score (nSPS) is 24.2. The molecule has 1 heterocycles. The molecule has 1 aliphatic carbocycles. The summed E-state index contributed by atoms with van der Waals surface area (Å²) in [5.41, 5.74) is 0.602. The maximum Gasteiger partial charge on any atom is 0.218 e. The highest BCUT2D eigenvalue weighted by atomic mass is 19.1. The molecule has 100 valence electrons. The van der Waals surface area contributed by atoms with E-state index in [1.807, 2.05) is 0 Å². The van der Waals surface area contributed by atoms with Crippen LogP contribution in [0.15, 0.2) is 12.1 Å². The SMILES string of the molecule is CCCCC1CCC(c2ccc(F)nc2F)CC1. The number of hydrogen-bond acceptors (Lipinski definition) is 1. The highest BCUT2D eigenvalue weighted by molar-refractivity contribution is 5.17. The van der Waals surface area contributed by atoms with Gasteiger partial charge in [0.1, 0.15) is 0 Å². The van der Waals surface area contributed by atoms with Gasteiger partial charge in [-0.25, -0.2) is 0 Å². The van der Waals surface area contributed by atoms with Crippen LogP contribution in [0, 0.1) is 17.8 Å². The van der Waals surface area contributed by atoms with Crippen molar-refractivity contribution < 1.29 is 8.78 Å². The van der Waals surface area contributed by atoms with E-state index in [4.69, 9.17) is 0 Å². The second-order valence-corrected chi connectivity index (χ2v) is 5.37. The predicted octanol–water partition coefficient (Wildman–Crippen LogP) is 4.82. The molecule has 0 unspecified atom stereocenters. The zero-order chi connectivity index (χ0) is 13.0. The Kier molecular flexibility index (Phi) is 4.67. The van der Waals surface area contributed by atoms with Crippen LogP contribution < -0.4 is 0 Å². The largest absolute Gasteiger partial charge is 0.218 e. The summed E-state index contributed by atoms with van der Waals surface area (Å²) >= 11 is 0. The minimum atomic E-state index is -0.729. The van der Waals surface area contributed by atoms with Crippen molar-refractivity contribution in [1.29, 1.82) is 0 Å². The molecule has 3 heteroatoms. The van der Waals surface area contributed by atoms with Crippen LogP contribution in [0.3, 0.4) is 0 Å². The lowest BCUT2D eigenvalue weighted by Crippen LogP contribution is -2.15. The van der Waals surface area contributed by atoms with Crippen LogP contribution in [0.5, 0.6) is 0 Å². The molecule has 1 aromatic heterocycles. The van der Waals surface area contributed by atoms with Crippen molar-refractivity contribution in [1.82, 2.24) is 4.98 Å². The minimum absolute atomic E-state index is 0.232. The summed E-state index contributed by atoms with van der Waals surface area (Å²) in [6, 6.07) is 2.83. The van der Waals surface area contributed by atoms with Crippen molar-refractivity contribution in [3.63, 3.8) is 0 Å². The van der Waals surface area contributed by atoms with E-state index in [2.05, 4.69) is 11.9 Å². The smallest absolute Gasteiger partial charge is 0.190 e. The minimum Gasteiger partial charge on any atom is -0.190 e. The Morgan fingerprint density at radius 3 is 2.50 bits per heavy atom. The summed E-state index contributed by atoms with van der Waals surface area (Å²) < 4.78 is 26.3. The number of pyridine rings is 1. The zero-order valence-electron chi connectivity index (χ0n) is 11.0. The first-order valence-corrected chi connectivity index (χ1v) is 7.02. The van der Waals surface area contributed by atoms with Gasteiger partial charge in [0, 0.05) is 5.56 Å². The molecule has 2 rings (SSSR count). The van der Waals surface area contributed by atoms with E-state index >= 15 is 0 Å². The van der Waals surface area contributed by atoms with Crippen molar-refractivity contribution in [2.45, 2.75) is 57.8 Å². The van der Waals surface area contributed by atoms with Crippen molar-refractivity contribution in [3.05, 3.63) is 29.6 Å². The number of aromatic nitrogens is 1. The van der Waals surface area contributed by atoms with Crippen molar-refractivity contribution in [2.75, 3.05) is 0 Å². The second-order valence-electron chi connectivity index (χ2n) is 5.37. The van der Waals surface area contributed by atoms with Crippen molar-refractivity contribution in [3.8, 4) is 0 Å². The lowest BCUT2D eigenvalue weighted by molar-refractivity contribution is 0.299. The topological polar surface area (TPSA) is 12.9 Å². The van der Waals surface area contributed by atoms with Gasteiger partial charge in [-0.2, -0.15) is 13.8 Å². The van der Waals surface area contributed by atoms with Crippen LogP contribution >= 0.6 is 0 Å². The lowest BCUT2D eigenvalue weighted by Gasteiger charge is -2.28. The molecule has 0 saturated heterocycles. The van der Waals surface area contributed by atoms with Gasteiger partial charge in [-0.3, -0.25) is 0 Å². The van der Waals surface area contributed by atoms with Gasteiger partial charge < -0.3 is 0 Å². The lowest BCUT2D eigenvalue weighted by atomic mass is 9.77. The van der Waals surface area contributed by atoms with E-state index in [9.17, 15) is 8.78 Å². The molecule has 0 atom stereocenters. The highest BCUT2D eigenvalue weighted by Gasteiger charge is 2.24. The fraction of sp³-hybridized carbons (Fsp3) is 0.667. The van der Waals surface area contributed by atoms with Crippen LogP contribution in [0.25, 0.3) is 0 Å². The number of rotatable bonds is 4. The van der Waals surface area contributed by atoms with Gasteiger partial charge in [-0.05, 0) is 49.7 Å². The molecule has 18 heavy (non-hydrogen) atoms. The van der Waals surface area contributed by atoms with E-state index in [0.29, 0.717) is 5.56 Å². The van der Waals surface area contributed by atoms with E-state index in [1.165, 1.54) is 38.2 Å². The Morgan fingerprint density at radius 1 is 1.17 bits per heavy atom. The maximum atomic E-state index is 13.6. The first-order valence-electron chi connectivity index (χ1n) is 7.02. The number of halogens is 2. The summed E-state index contributed by atoms with van der Waals surface area (Å²) in [7, 11) is 0. The fourth-order valence-electron chi connectivity index (χ4n) is 2.98. The summed E-state index contributed by atoms with van der Waals surface area (Å²) in [4.78, 5) is 3.28. The Bertz CT molecular complexity index is 384. The standard InChI is InChI=1S/C15H21F2N/c1-2-3-4-11-5-7-12(8-6-11)13-9-10-14(16)18-15(13)17/h9-12H,2-8H2,1H3. The number of nitrogens with zero attached hydrogens (tertiary/aromatic N) is 1. The molecule has 0 bridgehead atoms. The maximum absolute atomic E-state index is 13.6. The summed E-state index contributed by atoms with van der Waals surface area (Å²) in [5.74, 6) is -0.312. The quantitative estimate of drug-likeness (QED) is 0.701. The summed E-state index contributed by atoms with van der Waals surface area (Å²) in [5, 5.41) is 0. The molecule has 0 radical (unpaired) electrons. The van der Waals surface area contributed by atoms with Gasteiger partial charge in [-0.15, -0.1) is 0 Å². The zero-order valence-corrected chi connectivity index (χ0v) is 11.0. The average molecular weight is 253 g/mol. The molecule has 0 spiro atoms. The van der Waals surface area contributed by atoms with Gasteiger partial charge in [0.2, 0.25) is 11.9 Å². The predicted molar refractivity (Wildman–Crippen MR) is 68.4 cm³/mol. The summed E-state index contributed by atoms with van der Waals surface area (Å²) in [6.07, 6.45) is 8.20. The first-order chi connectivity index (χ1) is 8.70. The van der Waals surface area contributed by atoms with E-state index in [1.54, 1.807) is 6.07 Å². The van der Waals surface area contributed by atoms with Gasteiger partial charge >= 0.3 is 0 Å².